The predicted molar refractivity (Wildman–Crippen MR) is 136 cm³/mol. The molecule has 3 rings (SSSR count). The Morgan fingerprint density at radius 3 is 2.35 bits per heavy atom. The van der Waals surface area contributed by atoms with E-state index in [1.165, 1.54) is 6.07 Å². The maximum Gasteiger partial charge on any atom is 0.263 e. The van der Waals surface area contributed by atoms with Gasteiger partial charge in [0.25, 0.3) is 10.0 Å². The van der Waals surface area contributed by atoms with Crippen molar-refractivity contribution in [3.05, 3.63) is 65.5 Å². The molecule has 0 aromatic heterocycles. The maximum atomic E-state index is 14.1. The average molecular weight is 513 g/mol. The number of nitrogens with two attached hydrogens (primary N) is 1. The van der Waals surface area contributed by atoms with Crippen LogP contribution in [-0.2, 0) is 21.2 Å². The third-order valence-electron chi connectivity index (χ3n) is 5.62. The van der Waals surface area contributed by atoms with Gasteiger partial charge < -0.3 is 15.2 Å². The predicted octanol–water partition coefficient (Wildman–Crippen LogP) is 5.01. The topological polar surface area (TPSA) is 91.0 Å². The van der Waals surface area contributed by atoms with Crippen LogP contribution >= 0.6 is 12.4 Å². The van der Waals surface area contributed by atoms with Gasteiger partial charge >= 0.3 is 0 Å². The summed E-state index contributed by atoms with van der Waals surface area (Å²) in [6, 6.07) is 13.7. The highest BCUT2D eigenvalue weighted by atomic mass is 35.5. The number of rotatable bonds is 8. The first-order valence-electron chi connectivity index (χ1n) is 11.0. The molecule has 9 heteroatoms. The first-order chi connectivity index (χ1) is 15.3. The lowest BCUT2D eigenvalue weighted by atomic mass is 9.95. The van der Waals surface area contributed by atoms with Crippen molar-refractivity contribution in [3.63, 3.8) is 0 Å². The van der Waals surface area contributed by atoms with Gasteiger partial charge in [-0.15, -0.1) is 16.8 Å². The fourth-order valence-electron chi connectivity index (χ4n) is 3.83. The first-order valence-corrected chi connectivity index (χ1v) is 12.5. The smallest absolute Gasteiger partial charge is 0.263 e. The van der Waals surface area contributed by atoms with E-state index >= 15 is 0 Å². The van der Waals surface area contributed by atoms with Crippen LogP contribution in [0.2, 0.25) is 0 Å². The summed E-state index contributed by atoms with van der Waals surface area (Å²) in [6.45, 7) is 9.45. The van der Waals surface area contributed by atoms with Crippen molar-refractivity contribution in [3.8, 4) is 5.75 Å². The maximum absolute atomic E-state index is 14.1. The average Bonchev–Trinajstić information content (AvgIpc) is 2.69. The number of hydrogen-bond donors (Lipinski definition) is 1. The van der Waals surface area contributed by atoms with E-state index in [0.717, 1.165) is 5.56 Å². The van der Waals surface area contributed by atoms with Crippen LogP contribution in [0.15, 0.2) is 52.9 Å². The molecule has 1 aliphatic heterocycles. The van der Waals surface area contributed by atoms with Gasteiger partial charge in [-0.2, -0.15) is 0 Å². The van der Waals surface area contributed by atoms with Crippen molar-refractivity contribution in [2.75, 3.05) is 6.61 Å². The Morgan fingerprint density at radius 2 is 1.79 bits per heavy atom. The Balaban J connectivity index is 0.00000408. The molecule has 1 aliphatic rings. The second kappa shape index (κ2) is 10.6. The molecule has 0 unspecified atom stereocenters. The highest BCUT2D eigenvalue weighted by Crippen LogP contribution is 2.34. The van der Waals surface area contributed by atoms with Gasteiger partial charge in [0.2, 0.25) is 5.90 Å². The summed E-state index contributed by atoms with van der Waals surface area (Å²) in [7, 11) is -3.83. The number of benzene rings is 2. The van der Waals surface area contributed by atoms with Gasteiger partial charge in [0.1, 0.15) is 29.0 Å². The normalized spacial score (nSPS) is 19.9. The molecule has 34 heavy (non-hydrogen) atoms. The van der Waals surface area contributed by atoms with Crippen LogP contribution in [0, 0.1) is 5.82 Å². The molecular formula is C25H34ClFN2O4S. The summed E-state index contributed by atoms with van der Waals surface area (Å²) in [5.74, 6) is 0.171. The summed E-state index contributed by atoms with van der Waals surface area (Å²) in [5.41, 5.74) is 5.83. The number of sulfonamides is 1. The highest BCUT2D eigenvalue weighted by Gasteiger charge is 2.46. The highest BCUT2D eigenvalue weighted by molar-refractivity contribution is 7.91. The molecule has 0 bridgehead atoms. The van der Waals surface area contributed by atoms with E-state index in [1.54, 1.807) is 44.2 Å². The molecule has 188 valence electrons. The fourth-order valence-corrected chi connectivity index (χ4v) is 5.53. The molecule has 0 aliphatic carbocycles. The molecule has 6 nitrogen and oxygen atoms in total. The molecule has 1 heterocycles. The summed E-state index contributed by atoms with van der Waals surface area (Å²) in [4.78, 5) is 0. The second-order valence-corrected chi connectivity index (χ2v) is 11.7. The van der Waals surface area contributed by atoms with Crippen LogP contribution in [0.4, 0.5) is 4.39 Å². The van der Waals surface area contributed by atoms with Crippen LogP contribution in [-0.4, -0.2) is 37.3 Å². The van der Waals surface area contributed by atoms with E-state index in [0.29, 0.717) is 17.9 Å². The second-order valence-electron chi connectivity index (χ2n) is 9.95. The first kappa shape index (κ1) is 28.1. The van der Waals surface area contributed by atoms with E-state index < -0.39 is 26.4 Å². The van der Waals surface area contributed by atoms with Gasteiger partial charge in [-0.05, 0) is 69.4 Å². The molecule has 0 fully saturated rings. The van der Waals surface area contributed by atoms with Gasteiger partial charge in [0, 0.05) is 12.0 Å². The minimum Gasteiger partial charge on any atom is -0.492 e. The third-order valence-corrected chi connectivity index (χ3v) is 7.53. The molecule has 0 saturated carbocycles. The SMILES string of the molecule is C[C@H](CC1=NS(=O)(=O)[C@@H](Cc2ccc(OCC(C)(C)N)cc2)C(C)(C)O1)c1ccccc1F.Cl. The monoisotopic (exact) mass is 512 g/mol. The standard InChI is InChI=1S/C25H33FN2O4S.ClH/c1-17(20-8-6-7-9-21(20)26)14-23-28-33(29,30)22(25(4,5)32-23)15-18-10-12-19(13-11-18)31-16-24(2,3)27;/h6-13,17,22H,14-16,27H2,1-5H3;1H/t17-,22+;/m1./s1. The van der Waals surface area contributed by atoms with Gasteiger partial charge in [0.05, 0.1) is 0 Å². The van der Waals surface area contributed by atoms with Crippen molar-refractivity contribution in [2.45, 2.75) is 69.8 Å². The van der Waals surface area contributed by atoms with Crippen molar-refractivity contribution in [2.24, 2.45) is 10.1 Å². The summed E-state index contributed by atoms with van der Waals surface area (Å²) in [6.07, 6.45) is 0.442. The van der Waals surface area contributed by atoms with E-state index in [-0.39, 0.29) is 42.9 Å². The van der Waals surface area contributed by atoms with Crippen molar-refractivity contribution >= 4 is 28.3 Å². The van der Waals surface area contributed by atoms with Gasteiger partial charge in [-0.3, -0.25) is 0 Å². The van der Waals surface area contributed by atoms with E-state index in [2.05, 4.69) is 4.40 Å². The molecule has 2 aromatic rings. The Bertz CT molecular complexity index is 1110. The van der Waals surface area contributed by atoms with E-state index in [4.69, 9.17) is 15.2 Å². The summed E-state index contributed by atoms with van der Waals surface area (Å²) >= 11 is 0. The van der Waals surface area contributed by atoms with Crippen LogP contribution < -0.4 is 10.5 Å². The molecule has 2 atom stereocenters. The third kappa shape index (κ3) is 7.17. The lowest BCUT2D eigenvalue weighted by Gasteiger charge is -2.37. The van der Waals surface area contributed by atoms with E-state index in [9.17, 15) is 12.8 Å². The summed E-state index contributed by atoms with van der Waals surface area (Å²) < 4.78 is 56.0. The zero-order valence-electron chi connectivity index (χ0n) is 20.2. The van der Waals surface area contributed by atoms with Gasteiger partial charge in [-0.1, -0.05) is 37.3 Å². The zero-order chi connectivity index (χ0) is 24.4. The van der Waals surface area contributed by atoms with Gasteiger partial charge in [-0.25, -0.2) is 12.8 Å². The summed E-state index contributed by atoms with van der Waals surface area (Å²) in [5, 5.41) is -0.854. The zero-order valence-corrected chi connectivity index (χ0v) is 21.9. The Kier molecular flexibility index (Phi) is 8.77. The lowest BCUT2D eigenvalue weighted by Crippen LogP contribution is -2.50. The van der Waals surface area contributed by atoms with Crippen LogP contribution in [0.1, 0.15) is 58.1 Å². The Hall–Kier alpha value is -2.16. The molecule has 0 spiro atoms. The molecule has 0 saturated heterocycles. The number of ether oxygens (including phenoxy) is 2. The van der Waals surface area contributed by atoms with Gasteiger partial charge in [0.15, 0.2) is 0 Å². The lowest BCUT2D eigenvalue weighted by molar-refractivity contribution is 0.0803. The van der Waals surface area contributed by atoms with Crippen LogP contribution in [0.5, 0.6) is 5.75 Å². The number of hydrogen-bond acceptors (Lipinski definition) is 5. The van der Waals surface area contributed by atoms with Crippen LogP contribution in [0.25, 0.3) is 0 Å². The fraction of sp³-hybridized carbons (Fsp3) is 0.480. The minimum atomic E-state index is -3.83. The Labute approximate surface area is 208 Å². The Morgan fingerprint density at radius 1 is 1.18 bits per heavy atom. The molecule has 0 radical (unpaired) electrons. The molecule has 2 N–H and O–H groups in total. The largest absolute Gasteiger partial charge is 0.492 e. The molecule has 2 aromatic carbocycles. The molecular weight excluding hydrogens is 479 g/mol. The quantitative estimate of drug-likeness (QED) is 0.537. The van der Waals surface area contributed by atoms with Crippen LogP contribution in [0.3, 0.4) is 0 Å². The van der Waals surface area contributed by atoms with Crippen molar-refractivity contribution < 1.29 is 22.3 Å². The molecule has 0 amide bonds. The number of nitrogens with zero attached hydrogens (tertiary/aromatic N) is 1. The van der Waals surface area contributed by atoms with Crippen molar-refractivity contribution in [1.82, 2.24) is 0 Å². The number of halogens is 2. The van der Waals surface area contributed by atoms with Crippen molar-refractivity contribution in [1.29, 1.82) is 0 Å². The minimum absolute atomic E-state index is 0. The van der Waals surface area contributed by atoms with E-state index in [1.807, 2.05) is 32.9 Å².